The van der Waals surface area contributed by atoms with Gasteiger partial charge in [-0.2, -0.15) is 0 Å². The van der Waals surface area contributed by atoms with E-state index in [1.165, 1.54) is 12.2 Å². The number of nitrogens with zero attached hydrogens (tertiary/aromatic N) is 2. The summed E-state index contributed by atoms with van der Waals surface area (Å²) >= 11 is 0. The van der Waals surface area contributed by atoms with Gasteiger partial charge in [-0.1, -0.05) is 27.7 Å². The number of aromatic nitrogens is 2. The van der Waals surface area contributed by atoms with Crippen molar-refractivity contribution in [1.82, 2.24) is 9.55 Å². The van der Waals surface area contributed by atoms with Gasteiger partial charge >= 0.3 is 0 Å². The van der Waals surface area contributed by atoms with Crippen LogP contribution in [0.15, 0.2) is 12.4 Å². The lowest BCUT2D eigenvalue weighted by molar-refractivity contribution is 0.158. The second kappa shape index (κ2) is 4.45. The highest BCUT2D eigenvalue weighted by Crippen LogP contribution is 2.41. The predicted molar refractivity (Wildman–Crippen MR) is 71.0 cm³/mol. The quantitative estimate of drug-likeness (QED) is 0.856. The number of nitrogens with two attached hydrogens (primary N) is 1. The van der Waals surface area contributed by atoms with Crippen LogP contribution in [0.3, 0.4) is 0 Å². The molecule has 0 aromatic carbocycles. The first kappa shape index (κ1) is 12.6. The van der Waals surface area contributed by atoms with Gasteiger partial charge in [-0.3, -0.25) is 0 Å². The summed E-state index contributed by atoms with van der Waals surface area (Å²) in [5.41, 5.74) is 6.71. The largest absolute Gasteiger partial charge is 0.330 e. The van der Waals surface area contributed by atoms with Crippen molar-refractivity contribution in [3.63, 3.8) is 0 Å². The summed E-state index contributed by atoms with van der Waals surface area (Å²) in [7, 11) is 0. The summed E-state index contributed by atoms with van der Waals surface area (Å²) in [5, 5.41) is 0. The lowest BCUT2D eigenvalue weighted by Crippen LogP contribution is -2.41. The van der Waals surface area contributed by atoms with E-state index >= 15 is 0 Å². The van der Waals surface area contributed by atoms with Gasteiger partial charge in [-0.05, 0) is 24.7 Å². The number of rotatable bonds is 2. The summed E-state index contributed by atoms with van der Waals surface area (Å²) < 4.78 is 2.32. The summed E-state index contributed by atoms with van der Waals surface area (Å²) in [6.45, 7) is 9.08. The molecule has 1 heterocycles. The van der Waals surface area contributed by atoms with Gasteiger partial charge in [-0.15, -0.1) is 0 Å². The Kier molecular flexibility index (Phi) is 3.30. The third-order valence-corrected chi connectivity index (χ3v) is 3.98. The molecule has 0 spiro atoms. The van der Waals surface area contributed by atoms with Crippen molar-refractivity contribution in [2.45, 2.75) is 65.0 Å². The van der Waals surface area contributed by atoms with Crippen molar-refractivity contribution in [1.29, 1.82) is 0 Å². The van der Waals surface area contributed by atoms with Crippen LogP contribution >= 0.6 is 0 Å². The van der Waals surface area contributed by atoms with E-state index in [0.29, 0.717) is 17.4 Å². The Balaban J connectivity index is 2.28. The fourth-order valence-corrected chi connectivity index (χ4v) is 2.93. The Morgan fingerprint density at radius 2 is 2.18 bits per heavy atom. The molecule has 2 N–H and O–H groups in total. The molecule has 1 aliphatic carbocycles. The third kappa shape index (κ3) is 2.54. The van der Waals surface area contributed by atoms with Gasteiger partial charge in [0.2, 0.25) is 0 Å². The third-order valence-electron chi connectivity index (χ3n) is 3.98. The minimum atomic E-state index is 0.273. The molecule has 3 heteroatoms. The Labute approximate surface area is 104 Å². The van der Waals surface area contributed by atoms with Gasteiger partial charge in [0.1, 0.15) is 5.82 Å². The Morgan fingerprint density at radius 3 is 2.82 bits per heavy atom. The molecule has 0 bridgehead atoms. The highest BCUT2D eigenvalue weighted by atomic mass is 15.1. The van der Waals surface area contributed by atoms with Crippen molar-refractivity contribution in [3.8, 4) is 0 Å². The van der Waals surface area contributed by atoms with Crippen molar-refractivity contribution in [2.24, 2.45) is 11.1 Å². The maximum absolute atomic E-state index is 6.31. The van der Waals surface area contributed by atoms with Crippen molar-refractivity contribution in [2.75, 3.05) is 0 Å². The molecule has 1 saturated carbocycles. The normalized spacial score (nSPS) is 28.6. The fraction of sp³-hybridized carbons (Fsp3) is 0.786. The first-order valence-electron chi connectivity index (χ1n) is 6.69. The zero-order chi connectivity index (χ0) is 12.6. The zero-order valence-corrected chi connectivity index (χ0v) is 11.5. The minimum absolute atomic E-state index is 0.273. The van der Waals surface area contributed by atoms with Gasteiger partial charge in [-0.25, -0.2) is 4.98 Å². The number of hydrogen-bond donors (Lipinski definition) is 1. The molecule has 0 radical (unpaired) electrons. The van der Waals surface area contributed by atoms with Crippen molar-refractivity contribution in [3.05, 3.63) is 18.2 Å². The first-order chi connectivity index (χ1) is 7.91. The van der Waals surface area contributed by atoms with E-state index in [1.54, 1.807) is 0 Å². The molecule has 3 nitrogen and oxygen atoms in total. The molecule has 0 amide bonds. The Hall–Kier alpha value is -0.830. The van der Waals surface area contributed by atoms with Gasteiger partial charge in [0, 0.05) is 24.4 Å². The van der Waals surface area contributed by atoms with Crippen LogP contribution in [0, 0.1) is 5.41 Å². The molecule has 17 heavy (non-hydrogen) atoms. The van der Waals surface area contributed by atoms with Gasteiger partial charge in [0.25, 0.3) is 0 Å². The SMILES string of the molecule is CC(C)c1nccn1C1CC(C)(C)CCC1N. The first-order valence-corrected chi connectivity index (χ1v) is 6.69. The van der Waals surface area contributed by atoms with E-state index in [4.69, 9.17) is 5.73 Å². The smallest absolute Gasteiger partial charge is 0.111 e. The maximum Gasteiger partial charge on any atom is 0.111 e. The van der Waals surface area contributed by atoms with E-state index < -0.39 is 0 Å². The molecule has 2 unspecified atom stereocenters. The zero-order valence-electron chi connectivity index (χ0n) is 11.5. The highest BCUT2D eigenvalue weighted by molar-refractivity contribution is 5.03. The monoisotopic (exact) mass is 235 g/mol. The summed E-state index contributed by atoms with van der Waals surface area (Å²) in [6, 6.07) is 0.688. The molecule has 2 rings (SSSR count). The van der Waals surface area contributed by atoms with Crippen LogP contribution in [0.2, 0.25) is 0 Å². The lowest BCUT2D eigenvalue weighted by atomic mass is 9.73. The number of imidazole rings is 1. The number of hydrogen-bond acceptors (Lipinski definition) is 2. The average Bonchev–Trinajstić information content (AvgIpc) is 2.70. The van der Waals surface area contributed by atoms with Crippen LogP contribution in [-0.4, -0.2) is 15.6 Å². The van der Waals surface area contributed by atoms with Gasteiger partial charge in [0.05, 0.1) is 6.04 Å². The van der Waals surface area contributed by atoms with Crippen LogP contribution in [-0.2, 0) is 0 Å². The van der Waals surface area contributed by atoms with Gasteiger partial charge < -0.3 is 10.3 Å². The lowest BCUT2D eigenvalue weighted by Gasteiger charge is -2.40. The van der Waals surface area contributed by atoms with E-state index in [0.717, 1.165) is 12.8 Å². The molecular weight excluding hydrogens is 210 g/mol. The predicted octanol–water partition coefficient (Wildman–Crippen LogP) is 3.09. The maximum atomic E-state index is 6.31. The molecule has 1 aromatic rings. The topological polar surface area (TPSA) is 43.8 Å². The molecule has 0 saturated heterocycles. The second-order valence-electron chi connectivity index (χ2n) is 6.49. The molecule has 1 aliphatic rings. The molecule has 1 aromatic heterocycles. The summed E-state index contributed by atoms with van der Waals surface area (Å²) in [6.07, 6.45) is 7.51. The van der Waals surface area contributed by atoms with Gasteiger partial charge in [0.15, 0.2) is 0 Å². The van der Waals surface area contributed by atoms with E-state index in [9.17, 15) is 0 Å². The Morgan fingerprint density at radius 1 is 1.47 bits per heavy atom. The van der Waals surface area contributed by atoms with E-state index in [2.05, 4.69) is 43.4 Å². The van der Waals surface area contributed by atoms with Crippen LogP contribution in [0.25, 0.3) is 0 Å². The molecular formula is C14H25N3. The van der Waals surface area contributed by atoms with Crippen LogP contribution in [0.5, 0.6) is 0 Å². The van der Waals surface area contributed by atoms with Crippen molar-refractivity contribution >= 4 is 0 Å². The standard InChI is InChI=1S/C14H25N3/c1-10(2)13-16-7-8-17(13)12-9-14(3,4)6-5-11(12)15/h7-8,10-12H,5-6,9,15H2,1-4H3. The fourth-order valence-electron chi connectivity index (χ4n) is 2.93. The minimum Gasteiger partial charge on any atom is -0.330 e. The van der Waals surface area contributed by atoms with Crippen LogP contribution in [0.4, 0.5) is 0 Å². The van der Waals surface area contributed by atoms with Crippen LogP contribution in [0.1, 0.15) is 64.7 Å². The summed E-state index contributed by atoms with van der Waals surface area (Å²) in [5.74, 6) is 1.63. The second-order valence-corrected chi connectivity index (χ2v) is 6.49. The van der Waals surface area contributed by atoms with E-state index in [1.807, 2.05) is 6.20 Å². The molecule has 96 valence electrons. The van der Waals surface area contributed by atoms with Crippen LogP contribution < -0.4 is 5.73 Å². The molecule has 0 aliphatic heterocycles. The highest BCUT2D eigenvalue weighted by Gasteiger charge is 2.34. The molecule has 1 fully saturated rings. The van der Waals surface area contributed by atoms with Crippen molar-refractivity contribution < 1.29 is 0 Å². The van der Waals surface area contributed by atoms with E-state index in [-0.39, 0.29) is 6.04 Å². The Bertz CT molecular complexity index is 379. The average molecular weight is 235 g/mol. The summed E-state index contributed by atoms with van der Waals surface area (Å²) in [4.78, 5) is 4.48. The molecule has 2 atom stereocenters.